The molecule has 0 spiro atoms. The summed E-state index contributed by atoms with van der Waals surface area (Å²) in [5.41, 5.74) is 0.726. The quantitative estimate of drug-likeness (QED) is 0.875. The lowest BCUT2D eigenvalue weighted by Gasteiger charge is -2.16. The van der Waals surface area contributed by atoms with Gasteiger partial charge in [-0.25, -0.2) is 17.1 Å². The molecule has 1 N–H and O–H groups in total. The van der Waals surface area contributed by atoms with Crippen molar-refractivity contribution in [2.75, 3.05) is 26.4 Å². The summed E-state index contributed by atoms with van der Waals surface area (Å²) in [6.07, 6.45) is 0. The zero-order valence-corrected chi connectivity index (χ0v) is 12.7. The lowest BCUT2D eigenvalue weighted by molar-refractivity contribution is 0.512. The molecule has 1 aromatic rings. The third kappa shape index (κ3) is 4.72. The van der Waals surface area contributed by atoms with Crippen molar-refractivity contribution in [2.24, 2.45) is 0 Å². The van der Waals surface area contributed by atoms with E-state index in [1.165, 1.54) is 30.5 Å². The number of rotatable bonds is 6. The lowest BCUT2D eigenvalue weighted by atomic mass is 10.1. The summed E-state index contributed by atoms with van der Waals surface area (Å²) >= 11 is 5.60. The van der Waals surface area contributed by atoms with Gasteiger partial charge in [0.25, 0.3) is 0 Å². The van der Waals surface area contributed by atoms with Gasteiger partial charge in [-0.2, -0.15) is 0 Å². The third-order valence-corrected chi connectivity index (χ3v) is 4.95. The largest absolute Gasteiger partial charge is 0.309 e. The van der Waals surface area contributed by atoms with Gasteiger partial charge in [0.15, 0.2) is 0 Å². The zero-order chi connectivity index (χ0) is 14.6. The van der Waals surface area contributed by atoms with Crippen molar-refractivity contribution >= 4 is 21.6 Å². The van der Waals surface area contributed by atoms with Crippen molar-refractivity contribution < 1.29 is 12.8 Å². The molecule has 0 amide bonds. The monoisotopic (exact) mass is 308 g/mol. The van der Waals surface area contributed by atoms with Crippen molar-refractivity contribution in [1.29, 1.82) is 0 Å². The number of hydrogen-bond acceptors (Lipinski definition) is 3. The molecule has 1 atom stereocenters. The highest BCUT2D eigenvalue weighted by Crippen LogP contribution is 2.19. The van der Waals surface area contributed by atoms with E-state index in [-0.39, 0.29) is 16.8 Å². The van der Waals surface area contributed by atoms with Gasteiger partial charge in [-0.1, -0.05) is 17.7 Å². The molecule has 0 aliphatic rings. The summed E-state index contributed by atoms with van der Waals surface area (Å²) in [6.45, 7) is 2.14. The van der Waals surface area contributed by atoms with Crippen LogP contribution in [-0.2, 0) is 10.0 Å². The van der Waals surface area contributed by atoms with Gasteiger partial charge in [-0.05, 0) is 24.6 Å². The van der Waals surface area contributed by atoms with Gasteiger partial charge in [-0.15, -0.1) is 0 Å². The average Bonchev–Trinajstić information content (AvgIpc) is 2.32. The van der Waals surface area contributed by atoms with E-state index in [0.29, 0.717) is 6.54 Å². The van der Waals surface area contributed by atoms with E-state index in [9.17, 15) is 12.8 Å². The first-order valence-corrected chi connectivity index (χ1v) is 7.81. The molecule has 0 aliphatic heterocycles. The maximum Gasteiger partial charge on any atom is 0.214 e. The molecular formula is C12H18ClFN2O2S. The molecule has 0 bridgehead atoms. The van der Waals surface area contributed by atoms with Crippen LogP contribution in [-0.4, -0.2) is 39.1 Å². The Morgan fingerprint density at radius 3 is 2.58 bits per heavy atom. The van der Waals surface area contributed by atoms with E-state index in [4.69, 9.17) is 11.6 Å². The first-order valence-electron chi connectivity index (χ1n) is 5.82. The first kappa shape index (κ1) is 16.4. The number of sulfonamides is 1. The van der Waals surface area contributed by atoms with Crippen LogP contribution in [0.3, 0.4) is 0 Å². The highest BCUT2D eigenvalue weighted by Gasteiger charge is 2.14. The molecule has 0 aromatic heterocycles. The molecule has 1 aromatic carbocycles. The van der Waals surface area contributed by atoms with Crippen molar-refractivity contribution in [2.45, 2.75) is 13.0 Å². The summed E-state index contributed by atoms with van der Waals surface area (Å²) in [6, 6.07) is 4.40. The predicted molar refractivity (Wildman–Crippen MR) is 75.3 cm³/mol. The molecule has 108 valence electrons. The number of nitrogens with zero attached hydrogens (tertiary/aromatic N) is 1. The summed E-state index contributed by atoms with van der Waals surface area (Å²) < 4.78 is 37.6. The van der Waals surface area contributed by atoms with Crippen LogP contribution in [0.1, 0.15) is 18.5 Å². The van der Waals surface area contributed by atoms with Gasteiger partial charge in [0, 0.05) is 26.7 Å². The number of nitrogens with one attached hydrogen (secondary N) is 1. The van der Waals surface area contributed by atoms with Crippen molar-refractivity contribution in [3.63, 3.8) is 0 Å². The van der Waals surface area contributed by atoms with E-state index in [2.05, 4.69) is 5.32 Å². The van der Waals surface area contributed by atoms with Gasteiger partial charge in [0.05, 0.1) is 10.8 Å². The maximum absolute atomic E-state index is 13.3. The molecule has 0 saturated carbocycles. The highest BCUT2D eigenvalue weighted by molar-refractivity contribution is 7.89. The molecule has 0 radical (unpaired) electrons. The molecule has 4 nitrogen and oxygen atoms in total. The van der Waals surface area contributed by atoms with Gasteiger partial charge in [0.1, 0.15) is 5.82 Å². The zero-order valence-electron chi connectivity index (χ0n) is 11.2. The van der Waals surface area contributed by atoms with E-state index < -0.39 is 15.8 Å². The second-order valence-electron chi connectivity index (χ2n) is 4.45. The SMILES string of the molecule is CC(NCCS(=O)(=O)N(C)C)c1ccc(Cl)c(F)c1. The van der Waals surface area contributed by atoms with Crippen LogP contribution in [0.15, 0.2) is 18.2 Å². The summed E-state index contributed by atoms with van der Waals surface area (Å²) in [5, 5.41) is 3.12. The molecule has 7 heteroatoms. The standard InChI is InChI=1S/C12H18ClFN2O2S/c1-9(10-4-5-11(13)12(14)8-10)15-6-7-19(17,18)16(2)3/h4-5,8-9,15H,6-7H2,1-3H3. The minimum Gasteiger partial charge on any atom is -0.309 e. The minimum absolute atomic E-state index is 0.000409. The predicted octanol–water partition coefficient (Wildman–Crippen LogP) is 2.02. The Morgan fingerprint density at radius 2 is 2.05 bits per heavy atom. The molecular weight excluding hydrogens is 291 g/mol. The van der Waals surface area contributed by atoms with Crippen LogP contribution < -0.4 is 5.32 Å². The highest BCUT2D eigenvalue weighted by atomic mass is 35.5. The van der Waals surface area contributed by atoms with E-state index in [1.54, 1.807) is 6.07 Å². The molecule has 1 rings (SSSR count). The van der Waals surface area contributed by atoms with Crippen LogP contribution in [0.2, 0.25) is 5.02 Å². The smallest absolute Gasteiger partial charge is 0.214 e. The minimum atomic E-state index is -3.22. The second kappa shape index (κ2) is 6.65. The third-order valence-electron chi connectivity index (χ3n) is 2.81. The van der Waals surface area contributed by atoms with Crippen LogP contribution >= 0.6 is 11.6 Å². The van der Waals surface area contributed by atoms with E-state index in [0.717, 1.165) is 5.56 Å². The van der Waals surface area contributed by atoms with Gasteiger partial charge >= 0.3 is 0 Å². The van der Waals surface area contributed by atoms with Gasteiger partial charge in [-0.3, -0.25) is 0 Å². The molecule has 0 aliphatic carbocycles. The van der Waals surface area contributed by atoms with Crippen LogP contribution in [0, 0.1) is 5.82 Å². The Labute approximate surface area is 118 Å². The summed E-state index contributed by atoms with van der Waals surface area (Å²) in [4.78, 5) is 0. The summed E-state index contributed by atoms with van der Waals surface area (Å²) in [5.74, 6) is -0.478. The molecule has 1 unspecified atom stereocenters. The van der Waals surface area contributed by atoms with Crippen LogP contribution in [0.25, 0.3) is 0 Å². The summed E-state index contributed by atoms with van der Waals surface area (Å²) in [7, 11) is -0.229. The van der Waals surface area contributed by atoms with E-state index >= 15 is 0 Å². The Morgan fingerprint density at radius 1 is 1.42 bits per heavy atom. The van der Waals surface area contributed by atoms with E-state index in [1.807, 2.05) is 6.92 Å². The molecule has 0 heterocycles. The normalized spacial score (nSPS) is 13.8. The molecule has 0 fully saturated rings. The number of halogens is 2. The van der Waals surface area contributed by atoms with Gasteiger partial charge in [0.2, 0.25) is 10.0 Å². The fourth-order valence-corrected chi connectivity index (χ4v) is 2.35. The Bertz CT molecular complexity index is 535. The van der Waals surface area contributed by atoms with Crippen molar-refractivity contribution in [3.05, 3.63) is 34.6 Å². The number of benzene rings is 1. The second-order valence-corrected chi connectivity index (χ2v) is 7.16. The topological polar surface area (TPSA) is 49.4 Å². The average molecular weight is 309 g/mol. The maximum atomic E-state index is 13.3. The van der Waals surface area contributed by atoms with Crippen LogP contribution in [0.4, 0.5) is 4.39 Å². The van der Waals surface area contributed by atoms with Crippen LogP contribution in [0.5, 0.6) is 0 Å². The van der Waals surface area contributed by atoms with Crippen molar-refractivity contribution in [1.82, 2.24) is 9.62 Å². The Kier molecular flexibility index (Phi) is 5.73. The molecule has 19 heavy (non-hydrogen) atoms. The molecule has 0 saturated heterocycles. The fourth-order valence-electron chi connectivity index (χ4n) is 1.49. The van der Waals surface area contributed by atoms with Crippen molar-refractivity contribution in [3.8, 4) is 0 Å². The lowest BCUT2D eigenvalue weighted by Crippen LogP contribution is -2.32. The Balaban J connectivity index is 2.56. The first-order chi connectivity index (χ1) is 8.74. The number of hydrogen-bond donors (Lipinski definition) is 1. The Hall–Kier alpha value is -0.690. The fraction of sp³-hybridized carbons (Fsp3) is 0.500. The van der Waals surface area contributed by atoms with Gasteiger partial charge < -0.3 is 5.32 Å².